The van der Waals surface area contributed by atoms with Crippen LogP contribution in [0.1, 0.15) is 17.0 Å². The van der Waals surface area contributed by atoms with E-state index in [1.807, 2.05) is 19.9 Å². The molecule has 0 atom stereocenters. The van der Waals surface area contributed by atoms with Crippen molar-refractivity contribution in [3.63, 3.8) is 0 Å². The second kappa shape index (κ2) is 4.84. The Kier molecular flexibility index (Phi) is 3.43. The van der Waals surface area contributed by atoms with E-state index in [9.17, 15) is 9.47 Å². The third kappa shape index (κ3) is 2.47. The van der Waals surface area contributed by atoms with Gasteiger partial charge < -0.3 is 4.90 Å². The minimum Gasteiger partial charge on any atom is -0.369 e. The number of hydrogen-bond donors (Lipinski definition) is 0. The Bertz CT molecular complexity index is 497. The highest BCUT2D eigenvalue weighted by molar-refractivity contribution is 7.85. The Morgan fingerprint density at radius 1 is 1.41 bits per heavy atom. The first-order valence-electron chi connectivity index (χ1n) is 5.60. The summed E-state index contributed by atoms with van der Waals surface area (Å²) in [6.07, 6.45) is 0. The molecule has 0 aromatic carbocycles. The third-order valence-corrected chi connectivity index (χ3v) is 4.21. The standard InChI is InChI=1S/C12H15N3OS/c1-9-7-12(11(8-13)10(2)14-9)15-3-5-17(16)6-4-15/h7H,3-6H2,1-2H3. The van der Waals surface area contributed by atoms with Crippen LogP contribution in [0.3, 0.4) is 0 Å². The normalized spacial score (nSPS) is 16.9. The molecular weight excluding hydrogens is 234 g/mol. The number of nitrogens with zero attached hydrogens (tertiary/aromatic N) is 3. The van der Waals surface area contributed by atoms with E-state index in [1.165, 1.54) is 0 Å². The van der Waals surface area contributed by atoms with Crippen LogP contribution in [0.25, 0.3) is 0 Å². The summed E-state index contributed by atoms with van der Waals surface area (Å²) in [5, 5.41) is 9.20. The number of aryl methyl sites for hydroxylation is 2. The van der Waals surface area contributed by atoms with Gasteiger partial charge in [-0.1, -0.05) is 0 Å². The fourth-order valence-corrected chi connectivity index (χ4v) is 3.13. The quantitative estimate of drug-likeness (QED) is 0.749. The molecular formula is C12H15N3OS. The average Bonchev–Trinajstić information content (AvgIpc) is 2.29. The van der Waals surface area contributed by atoms with E-state index in [2.05, 4.69) is 16.0 Å². The molecule has 4 nitrogen and oxygen atoms in total. The van der Waals surface area contributed by atoms with Gasteiger partial charge >= 0.3 is 0 Å². The van der Waals surface area contributed by atoms with E-state index in [0.717, 1.165) is 30.2 Å². The van der Waals surface area contributed by atoms with Crippen LogP contribution in [-0.2, 0) is 10.8 Å². The minimum atomic E-state index is -0.694. The minimum absolute atomic E-state index is 0.642. The summed E-state index contributed by atoms with van der Waals surface area (Å²) in [7, 11) is -0.694. The fraction of sp³-hybridized carbons (Fsp3) is 0.500. The van der Waals surface area contributed by atoms with Crippen molar-refractivity contribution in [3.8, 4) is 6.07 Å². The number of nitriles is 1. The van der Waals surface area contributed by atoms with Crippen LogP contribution in [0, 0.1) is 25.2 Å². The van der Waals surface area contributed by atoms with Gasteiger partial charge in [0.2, 0.25) is 0 Å². The van der Waals surface area contributed by atoms with Crippen molar-refractivity contribution in [3.05, 3.63) is 23.0 Å². The van der Waals surface area contributed by atoms with Crippen molar-refractivity contribution >= 4 is 16.5 Å². The maximum absolute atomic E-state index is 11.3. The zero-order valence-corrected chi connectivity index (χ0v) is 10.9. The molecule has 1 aromatic rings. The molecule has 0 amide bonds. The molecule has 1 fully saturated rings. The van der Waals surface area contributed by atoms with Crippen molar-refractivity contribution in [2.45, 2.75) is 13.8 Å². The molecule has 5 heteroatoms. The Labute approximate surface area is 104 Å². The fourth-order valence-electron chi connectivity index (χ4n) is 2.07. The van der Waals surface area contributed by atoms with Gasteiger partial charge in [-0.25, -0.2) is 0 Å². The Hall–Kier alpha value is -1.41. The van der Waals surface area contributed by atoms with Gasteiger partial charge in [-0.15, -0.1) is 0 Å². The van der Waals surface area contributed by atoms with E-state index >= 15 is 0 Å². The Morgan fingerprint density at radius 2 is 2.06 bits per heavy atom. The summed E-state index contributed by atoms with van der Waals surface area (Å²) in [4.78, 5) is 6.45. The first kappa shape index (κ1) is 12.1. The molecule has 2 heterocycles. The van der Waals surface area contributed by atoms with Crippen molar-refractivity contribution < 1.29 is 4.21 Å². The summed E-state index contributed by atoms with van der Waals surface area (Å²) in [5.74, 6) is 1.37. The molecule has 1 aliphatic rings. The molecule has 0 N–H and O–H groups in total. The molecule has 1 aromatic heterocycles. The lowest BCUT2D eigenvalue weighted by atomic mass is 10.1. The summed E-state index contributed by atoms with van der Waals surface area (Å²) in [5.41, 5.74) is 3.27. The van der Waals surface area contributed by atoms with Crippen LogP contribution in [0.4, 0.5) is 5.69 Å². The first-order chi connectivity index (χ1) is 8.11. The van der Waals surface area contributed by atoms with Crippen molar-refractivity contribution in [2.75, 3.05) is 29.5 Å². The highest BCUT2D eigenvalue weighted by atomic mass is 32.2. The molecule has 0 unspecified atom stereocenters. The second-order valence-corrected chi connectivity index (χ2v) is 5.89. The SMILES string of the molecule is Cc1cc(N2CCS(=O)CC2)c(C#N)c(C)n1. The van der Waals surface area contributed by atoms with E-state index in [1.54, 1.807) is 0 Å². The number of pyridine rings is 1. The highest BCUT2D eigenvalue weighted by Gasteiger charge is 2.19. The number of hydrogen-bond acceptors (Lipinski definition) is 4. The lowest BCUT2D eigenvalue weighted by Crippen LogP contribution is -2.38. The van der Waals surface area contributed by atoms with Crippen LogP contribution in [0.5, 0.6) is 0 Å². The zero-order valence-electron chi connectivity index (χ0n) is 10.1. The van der Waals surface area contributed by atoms with Crippen LogP contribution < -0.4 is 4.90 Å². The second-order valence-electron chi connectivity index (χ2n) is 4.19. The Morgan fingerprint density at radius 3 is 2.65 bits per heavy atom. The van der Waals surface area contributed by atoms with Gasteiger partial charge in [0.15, 0.2) is 0 Å². The summed E-state index contributed by atoms with van der Waals surface area (Å²) < 4.78 is 11.3. The van der Waals surface area contributed by atoms with Gasteiger partial charge in [-0.3, -0.25) is 9.19 Å². The van der Waals surface area contributed by atoms with E-state index in [4.69, 9.17) is 0 Å². The largest absolute Gasteiger partial charge is 0.369 e. The number of anilines is 1. The monoisotopic (exact) mass is 249 g/mol. The topological polar surface area (TPSA) is 57.0 Å². The maximum Gasteiger partial charge on any atom is 0.103 e. The van der Waals surface area contributed by atoms with Crippen LogP contribution in [-0.4, -0.2) is 33.8 Å². The summed E-state index contributed by atoms with van der Waals surface area (Å²) in [6.45, 7) is 5.30. The van der Waals surface area contributed by atoms with E-state index in [0.29, 0.717) is 17.1 Å². The van der Waals surface area contributed by atoms with Gasteiger partial charge in [0.1, 0.15) is 6.07 Å². The molecule has 0 aliphatic carbocycles. The highest BCUT2D eigenvalue weighted by Crippen LogP contribution is 2.24. The Balaban J connectivity index is 2.38. The van der Waals surface area contributed by atoms with Crippen molar-refractivity contribution in [1.82, 2.24) is 4.98 Å². The smallest absolute Gasteiger partial charge is 0.103 e. The van der Waals surface area contributed by atoms with Crippen LogP contribution in [0.2, 0.25) is 0 Å². The van der Waals surface area contributed by atoms with Gasteiger partial charge in [0.05, 0.1) is 16.9 Å². The lowest BCUT2D eigenvalue weighted by molar-refractivity contribution is 0.673. The predicted molar refractivity (Wildman–Crippen MR) is 68.5 cm³/mol. The zero-order chi connectivity index (χ0) is 12.4. The van der Waals surface area contributed by atoms with Gasteiger partial charge in [0, 0.05) is 41.1 Å². The molecule has 17 heavy (non-hydrogen) atoms. The molecule has 1 aliphatic heterocycles. The average molecular weight is 249 g/mol. The molecule has 0 saturated carbocycles. The van der Waals surface area contributed by atoms with Gasteiger partial charge in [-0.2, -0.15) is 5.26 Å². The van der Waals surface area contributed by atoms with Crippen molar-refractivity contribution in [2.24, 2.45) is 0 Å². The van der Waals surface area contributed by atoms with Gasteiger partial charge in [0.25, 0.3) is 0 Å². The summed E-state index contributed by atoms with van der Waals surface area (Å²) in [6, 6.07) is 4.16. The molecule has 0 radical (unpaired) electrons. The molecule has 0 bridgehead atoms. The number of aromatic nitrogens is 1. The molecule has 90 valence electrons. The molecule has 2 rings (SSSR count). The van der Waals surface area contributed by atoms with Gasteiger partial charge in [-0.05, 0) is 19.9 Å². The maximum atomic E-state index is 11.3. The predicted octanol–water partition coefficient (Wildman–Crippen LogP) is 1.14. The molecule has 0 spiro atoms. The number of rotatable bonds is 1. The molecule has 1 saturated heterocycles. The first-order valence-corrected chi connectivity index (χ1v) is 7.09. The third-order valence-electron chi connectivity index (χ3n) is 2.94. The van der Waals surface area contributed by atoms with Crippen LogP contribution >= 0.6 is 0 Å². The van der Waals surface area contributed by atoms with Crippen molar-refractivity contribution in [1.29, 1.82) is 5.26 Å². The van der Waals surface area contributed by atoms with E-state index in [-0.39, 0.29) is 0 Å². The summed E-state index contributed by atoms with van der Waals surface area (Å²) >= 11 is 0. The lowest BCUT2D eigenvalue weighted by Gasteiger charge is -2.29. The van der Waals surface area contributed by atoms with Crippen LogP contribution in [0.15, 0.2) is 6.07 Å². The van der Waals surface area contributed by atoms with E-state index < -0.39 is 10.8 Å².